The van der Waals surface area contributed by atoms with Crippen molar-refractivity contribution in [2.75, 3.05) is 10.0 Å². The van der Waals surface area contributed by atoms with E-state index in [0.29, 0.717) is 24.2 Å². The van der Waals surface area contributed by atoms with E-state index < -0.39 is 15.4 Å². The van der Waals surface area contributed by atoms with Gasteiger partial charge in [-0.15, -0.1) is 11.3 Å². The van der Waals surface area contributed by atoms with Crippen molar-refractivity contribution in [3.05, 3.63) is 53.7 Å². The second-order valence-corrected chi connectivity index (χ2v) is 10.5. The zero-order valence-corrected chi connectivity index (χ0v) is 18.1. The van der Waals surface area contributed by atoms with E-state index in [4.69, 9.17) is 0 Å². The number of benzene rings is 1. The van der Waals surface area contributed by atoms with Gasteiger partial charge in [0.25, 0.3) is 0 Å². The summed E-state index contributed by atoms with van der Waals surface area (Å²) in [6.45, 7) is 3.51. The molecule has 1 amide bonds. The minimum Gasteiger partial charge on any atom is -0.325 e. The SMILES string of the molecule is CC(C)(C(=O)Nc1ccc(-c2cccnn2)cc1)c1csc(NS(=O)(=O)C2CC2)n1. The van der Waals surface area contributed by atoms with E-state index in [2.05, 4.69) is 25.2 Å². The standard InChI is InChI=1S/C20H21N5O3S2/c1-20(2,17-12-29-19(23-17)25-30(27,28)15-9-10-15)18(26)22-14-7-5-13(6-8-14)16-4-3-11-21-24-16/h3-8,11-12,15H,9-10H2,1-2H3,(H,22,26)(H,23,25). The van der Waals surface area contributed by atoms with Crippen LogP contribution in [0, 0.1) is 0 Å². The molecule has 2 N–H and O–H groups in total. The summed E-state index contributed by atoms with van der Waals surface area (Å²) in [5.74, 6) is -0.239. The van der Waals surface area contributed by atoms with Crippen molar-refractivity contribution < 1.29 is 13.2 Å². The van der Waals surface area contributed by atoms with Crippen molar-refractivity contribution in [3.8, 4) is 11.3 Å². The van der Waals surface area contributed by atoms with E-state index >= 15 is 0 Å². The fourth-order valence-electron chi connectivity index (χ4n) is 2.77. The molecule has 0 aliphatic heterocycles. The van der Waals surface area contributed by atoms with Gasteiger partial charge in [0, 0.05) is 22.8 Å². The molecule has 0 saturated heterocycles. The van der Waals surface area contributed by atoms with E-state index in [1.54, 1.807) is 37.6 Å². The third-order valence-electron chi connectivity index (χ3n) is 4.92. The minimum atomic E-state index is -3.38. The van der Waals surface area contributed by atoms with Gasteiger partial charge in [-0.25, -0.2) is 13.4 Å². The molecule has 156 valence electrons. The van der Waals surface area contributed by atoms with E-state index in [9.17, 15) is 13.2 Å². The fraction of sp³-hybridized carbons (Fsp3) is 0.300. The molecule has 1 fully saturated rings. The first kappa shape index (κ1) is 20.4. The van der Waals surface area contributed by atoms with Crippen LogP contribution in [-0.4, -0.2) is 34.8 Å². The van der Waals surface area contributed by atoms with E-state index in [1.165, 1.54) is 11.3 Å². The molecule has 8 nitrogen and oxygen atoms in total. The number of nitrogens with one attached hydrogen (secondary N) is 2. The van der Waals surface area contributed by atoms with E-state index in [0.717, 1.165) is 11.3 Å². The molecule has 3 aromatic rings. The molecule has 1 saturated carbocycles. The molecule has 0 spiro atoms. The van der Waals surface area contributed by atoms with Gasteiger partial charge >= 0.3 is 0 Å². The first-order valence-corrected chi connectivity index (χ1v) is 11.9. The zero-order valence-electron chi connectivity index (χ0n) is 16.5. The van der Waals surface area contributed by atoms with Crippen molar-refractivity contribution in [1.29, 1.82) is 0 Å². The molecule has 0 radical (unpaired) electrons. The summed E-state index contributed by atoms with van der Waals surface area (Å²) in [6, 6.07) is 11.0. The number of sulfonamides is 1. The number of amides is 1. The van der Waals surface area contributed by atoms with Crippen LogP contribution in [0.3, 0.4) is 0 Å². The Kier molecular flexibility index (Phi) is 5.29. The number of anilines is 2. The van der Waals surface area contributed by atoms with Gasteiger partial charge in [0.05, 0.1) is 22.1 Å². The Hall–Kier alpha value is -2.85. The fourth-order valence-corrected chi connectivity index (χ4v) is 5.25. The number of thiazole rings is 1. The third kappa shape index (κ3) is 4.34. The molecule has 30 heavy (non-hydrogen) atoms. The van der Waals surface area contributed by atoms with Crippen LogP contribution < -0.4 is 10.0 Å². The van der Waals surface area contributed by atoms with Gasteiger partial charge in [-0.1, -0.05) is 12.1 Å². The molecule has 2 aromatic heterocycles. The lowest BCUT2D eigenvalue weighted by Gasteiger charge is -2.21. The first-order chi connectivity index (χ1) is 14.3. The topological polar surface area (TPSA) is 114 Å². The lowest BCUT2D eigenvalue weighted by Crippen LogP contribution is -2.35. The van der Waals surface area contributed by atoms with Gasteiger partial charge in [-0.3, -0.25) is 9.52 Å². The largest absolute Gasteiger partial charge is 0.325 e. The predicted molar refractivity (Wildman–Crippen MR) is 117 cm³/mol. The molecular formula is C20H21N5O3S2. The average Bonchev–Trinajstić information content (AvgIpc) is 3.50. The second-order valence-electron chi connectivity index (χ2n) is 7.65. The van der Waals surface area contributed by atoms with Crippen LogP contribution in [0.4, 0.5) is 10.8 Å². The van der Waals surface area contributed by atoms with Crippen LogP contribution in [0.15, 0.2) is 48.0 Å². The number of rotatable bonds is 7. The van der Waals surface area contributed by atoms with E-state index in [-0.39, 0.29) is 16.3 Å². The molecule has 1 aliphatic rings. The molecule has 0 bridgehead atoms. The van der Waals surface area contributed by atoms with Gasteiger partial charge in [-0.2, -0.15) is 10.2 Å². The van der Waals surface area contributed by atoms with Crippen molar-refractivity contribution in [2.24, 2.45) is 0 Å². The monoisotopic (exact) mass is 443 g/mol. The van der Waals surface area contributed by atoms with Crippen LogP contribution in [0.25, 0.3) is 11.3 Å². The molecule has 10 heteroatoms. The third-order valence-corrected chi connectivity index (χ3v) is 7.63. The van der Waals surface area contributed by atoms with Crippen molar-refractivity contribution in [2.45, 2.75) is 37.4 Å². The molecule has 2 heterocycles. The Morgan fingerprint density at radius 3 is 2.53 bits per heavy atom. The Labute approximate surface area is 178 Å². The van der Waals surface area contributed by atoms with Crippen LogP contribution in [0.5, 0.6) is 0 Å². The smallest absolute Gasteiger partial charge is 0.237 e. The Morgan fingerprint density at radius 1 is 1.17 bits per heavy atom. The van der Waals surface area contributed by atoms with E-state index in [1.807, 2.05) is 24.3 Å². The molecule has 4 rings (SSSR count). The van der Waals surface area contributed by atoms with Crippen molar-refractivity contribution in [3.63, 3.8) is 0 Å². The summed E-state index contributed by atoms with van der Waals surface area (Å²) in [6.07, 6.45) is 2.97. The normalized spacial score (nSPS) is 14.3. The maximum Gasteiger partial charge on any atom is 0.237 e. The number of hydrogen-bond acceptors (Lipinski definition) is 7. The highest BCUT2D eigenvalue weighted by Crippen LogP contribution is 2.33. The van der Waals surface area contributed by atoms with Crippen LogP contribution >= 0.6 is 11.3 Å². The molecule has 0 atom stereocenters. The van der Waals surface area contributed by atoms with Crippen LogP contribution in [0.2, 0.25) is 0 Å². The summed E-state index contributed by atoms with van der Waals surface area (Å²) in [7, 11) is -3.38. The number of nitrogens with zero attached hydrogens (tertiary/aromatic N) is 3. The zero-order chi connectivity index (χ0) is 21.4. The average molecular weight is 444 g/mol. The van der Waals surface area contributed by atoms with Gasteiger partial charge in [-0.05, 0) is 51.0 Å². The quantitative estimate of drug-likeness (QED) is 0.578. The number of carbonyl (C=O) groups excluding carboxylic acids is 1. The van der Waals surface area contributed by atoms with Crippen LogP contribution in [0.1, 0.15) is 32.4 Å². The summed E-state index contributed by atoms with van der Waals surface area (Å²) in [5, 5.41) is 12.5. The van der Waals surface area contributed by atoms with Gasteiger partial charge in [0.15, 0.2) is 5.13 Å². The van der Waals surface area contributed by atoms with Gasteiger partial charge < -0.3 is 5.32 Å². The lowest BCUT2D eigenvalue weighted by molar-refractivity contribution is -0.120. The first-order valence-electron chi connectivity index (χ1n) is 9.43. The Balaban J connectivity index is 1.45. The Morgan fingerprint density at radius 2 is 1.90 bits per heavy atom. The maximum absolute atomic E-state index is 12.9. The van der Waals surface area contributed by atoms with Gasteiger partial charge in [0.2, 0.25) is 15.9 Å². The van der Waals surface area contributed by atoms with Crippen molar-refractivity contribution in [1.82, 2.24) is 15.2 Å². The summed E-state index contributed by atoms with van der Waals surface area (Å²) < 4.78 is 26.7. The minimum absolute atomic E-state index is 0.239. The molecule has 0 unspecified atom stereocenters. The Bertz CT molecular complexity index is 1150. The number of hydrogen-bond donors (Lipinski definition) is 2. The molecule has 1 aromatic carbocycles. The lowest BCUT2D eigenvalue weighted by atomic mass is 9.89. The highest BCUT2D eigenvalue weighted by atomic mass is 32.2. The summed E-state index contributed by atoms with van der Waals surface area (Å²) >= 11 is 1.18. The molecular weight excluding hydrogens is 422 g/mol. The summed E-state index contributed by atoms with van der Waals surface area (Å²) in [5.41, 5.74) is 1.86. The maximum atomic E-state index is 12.9. The van der Waals surface area contributed by atoms with Crippen molar-refractivity contribution >= 4 is 38.1 Å². The highest BCUT2D eigenvalue weighted by molar-refractivity contribution is 7.93. The second kappa shape index (κ2) is 7.77. The van der Waals surface area contributed by atoms with Gasteiger partial charge in [0.1, 0.15) is 0 Å². The molecule has 1 aliphatic carbocycles. The number of aromatic nitrogens is 3. The number of carbonyl (C=O) groups is 1. The highest BCUT2D eigenvalue weighted by Gasteiger charge is 2.37. The summed E-state index contributed by atoms with van der Waals surface area (Å²) in [4.78, 5) is 17.2. The van der Waals surface area contributed by atoms with Crippen LogP contribution in [-0.2, 0) is 20.2 Å². The predicted octanol–water partition coefficient (Wildman–Crippen LogP) is 3.42.